The van der Waals surface area contributed by atoms with Crippen molar-refractivity contribution in [1.82, 2.24) is 0 Å². The minimum atomic E-state index is 0.642. The highest BCUT2D eigenvalue weighted by Crippen LogP contribution is 2.47. The fourth-order valence-corrected chi connectivity index (χ4v) is 2.08. The van der Waals surface area contributed by atoms with Gasteiger partial charge in [0.1, 0.15) is 0 Å². The Balaban J connectivity index is 2.55. The predicted molar refractivity (Wildman–Crippen MR) is 54.9 cm³/mol. The molecule has 1 aromatic rings. The zero-order valence-electron chi connectivity index (χ0n) is 6.68. The number of rotatable bonds is 1. The van der Waals surface area contributed by atoms with E-state index in [-0.39, 0.29) is 0 Å². The smallest absolute Gasteiger partial charge is 0.0594 e. The lowest BCUT2D eigenvalue weighted by molar-refractivity contribution is 1.12. The summed E-state index contributed by atoms with van der Waals surface area (Å²) in [6.07, 6.45) is 2.48. The van der Waals surface area contributed by atoms with Crippen LogP contribution in [0.2, 0.25) is 0 Å². The van der Waals surface area contributed by atoms with Crippen molar-refractivity contribution in [2.75, 3.05) is 11.5 Å². The highest BCUT2D eigenvalue weighted by atomic mass is 79.9. The number of benzene rings is 1. The Morgan fingerprint density at radius 1 is 1.25 bits per heavy atom. The van der Waals surface area contributed by atoms with Crippen LogP contribution in [0.4, 0.5) is 11.4 Å². The van der Waals surface area contributed by atoms with E-state index in [0.717, 1.165) is 10.2 Å². The van der Waals surface area contributed by atoms with Gasteiger partial charge < -0.3 is 11.5 Å². The van der Waals surface area contributed by atoms with E-state index in [9.17, 15) is 0 Å². The molecule has 3 heteroatoms. The van der Waals surface area contributed by atoms with Crippen LogP contribution in [0.25, 0.3) is 0 Å². The van der Waals surface area contributed by atoms with Crippen molar-refractivity contribution in [3.8, 4) is 0 Å². The molecule has 0 aromatic heterocycles. The van der Waals surface area contributed by atoms with Crippen molar-refractivity contribution in [1.29, 1.82) is 0 Å². The zero-order valence-corrected chi connectivity index (χ0v) is 8.26. The topological polar surface area (TPSA) is 52.0 Å². The summed E-state index contributed by atoms with van der Waals surface area (Å²) < 4.78 is 1.09. The average Bonchev–Trinajstić information content (AvgIpc) is 2.81. The van der Waals surface area contributed by atoms with Gasteiger partial charge in [-0.2, -0.15) is 0 Å². The van der Waals surface area contributed by atoms with Crippen LogP contribution in [0, 0.1) is 0 Å². The number of anilines is 2. The maximum atomic E-state index is 5.87. The van der Waals surface area contributed by atoms with Crippen LogP contribution in [0.15, 0.2) is 16.6 Å². The van der Waals surface area contributed by atoms with Gasteiger partial charge in [0, 0.05) is 4.47 Å². The van der Waals surface area contributed by atoms with E-state index in [1.54, 1.807) is 0 Å². The summed E-state index contributed by atoms with van der Waals surface area (Å²) in [4.78, 5) is 0. The van der Waals surface area contributed by atoms with Gasteiger partial charge in [-0.25, -0.2) is 0 Å². The van der Waals surface area contributed by atoms with Gasteiger partial charge in [0.2, 0.25) is 0 Å². The summed E-state index contributed by atoms with van der Waals surface area (Å²) in [5.41, 5.74) is 14.2. The molecule has 2 nitrogen and oxygen atoms in total. The fraction of sp³-hybridized carbons (Fsp3) is 0.333. The summed E-state index contributed by atoms with van der Waals surface area (Å²) in [6.45, 7) is 0. The molecule has 1 aromatic carbocycles. The lowest BCUT2D eigenvalue weighted by atomic mass is 10.1. The Hall–Kier alpha value is -0.700. The quantitative estimate of drug-likeness (QED) is 0.724. The number of halogens is 1. The second-order valence-electron chi connectivity index (χ2n) is 3.24. The molecule has 0 aliphatic heterocycles. The third-order valence-electron chi connectivity index (χ3n) is 2.25. The molecule has 0 saturated heterocycles. The number of nitrogens with two attached hydrogens (primary N) is 2. The number of hydrogen-bond acceptors (Lipinski definition) is 2. The molecular weight excluding hydrogens is 216 g/mol. The number of hydrogen-bond donors (Lipinski definition) is 2. The Bertz CT molecular complexity index is 319. The van der Waals surface area contributed by atoms with Crippen molar-refractivity contribution >= 4 is 27.3 Å². The Kier molecular flexibility index (Phi) is 1.76. The third-order valence-corrected chi connectivity index (χ3v) is 2.94. The van der Waals surface area contributed by atoms with Crippen molar-refractivity contribution in [2.45, 2.75) is 18.8 Å². The second-order valence-corrected chi connectivity index (χ2v) is 4.09. The summed E-state index contributed by atoms with van der Waals surface area (Å²) >= 11 is 3.49. The molecule has 0 amide bonds. The largest absolute Gasteiger partial charge is 0.397 e. The molecule has 64 valence electrons. The van der Waals surface area contributed by atoms with Crippen LogP contribution in [0.3, 0.4) is 0 Å². The van der Waals surface area contributed by atoms with Gasteiger partial charge in [0.25, 0.3) is 0 Å². The normalized spacial score (nSPS) is 16.4. The number of nitrogen functional groups attached to an aromatic ring is 2. The van der Waals surface area contributed by atoms with E-state index < -0.39 is 0 Å². The van der Waals surface area contributed by atoms with Gasteiger partial charge in [-0.05, 0) is 36.5 Å². The molecular formula is C9H11BrN2. The minimum Gasteiger partial charge on any atom is -0.397 e. The molecule has 1 aliphatic carbocycles. The molecule has 0 atom stereocenters. The summed E-state index contributed by atoms with van der Waals surface area (Å²) in [6, 6.07) is 3.81. The summed E-state index contributed by atoms with van der Waals surface area (Å²) in [5, 5.41) is 0. The van der Waals surface area contributed by atoms with Crippen LogP contribution >= 0.6 is 15.9 Å². The molecule has 2 rings (SSSR count). The molecule has 0 heterocycles. The van der Waals surface area contributed by atoms with Crippen LogP contribution < -0.4 is 11.5 Å². The molecule has 0 bridgehead atoms. The van der Waals surface area contributed by atoms with Gasteiger partial charge in [0.05, 0.1) is 11.4 Å². The van der Waals surface area contributed by atoms with Crippen LogP contribution in [0.5, 0.6) is 0 Å². The van der Waals surface area contributed by atoms with Crippen molar-refractivity contribution < 1.29 is 0 Å². The van der Waals surface area contributed by atoms with E-state index >= 15 is 0 Å². The van der Waals surface area contributed by atoms with Crippen LogP contribution in [0.1, 0.15) is 24.3 Å². The maximum Gasteiger partial charge on any atom is 0.0594 e. The van der Waals surface area contributed by atoms with E-state index in [1.807, 2.05) is 12.1 Å². The first-order chi connectivity index (χ1) is 5.70. The van der Waals surface area contributed by atoms with Gasteiger partial charge in [-0.3, -0.25) is 0 Å². The first-order valence-corrected chi connectivity index (χ1v) is 4.83. The van der Waals surface area contributed by atoms with Crippen molar-refractivity contribution in [3.05, 3.63) is 22.2 Å². The Morgan fingerprint density at radius 2 is 1.92 bits per heavy atom. The highest BCUT2D eigenvalue weighted by Gasteiger charge is 2.28. The van der Waals surface area contributed by atoms with Crippen molar-refractivity contribution in [3.63, 3.8) is 0 Å². The zero-order chi connectivity index (χ0) is 8.72. The highest BCUT2D eigenvalue weighted by molar-refractivity contribution is 9.10. The second kappa shape index (κ2) is 2.66. The maximum absolute atomic E-state index is 5.87. The predicted octanol–water partition coefficient (Wildman–Crippen LogP) is 2.49. The molecule has 0 radical (unpaired) electrons. The van der Waals surface area contributed by atoms with Gasteiger partial charge >= 0.3 is 0 Å². The minimum absolute atomic E-state index is 0.642. The van der Waals surface area contributed by atoms with Gasteiger partial charge in [-0.15, -0.1) is 0 Å². The first kappa shape index (κ1) is 7.92. The molecule has 1 saturated carbocycles. The van der Waals surface area contributed by atoms with Gasteiger partial charge in [-0.1, -0.05) is 15.9 Å². The van der Waals surface area contributed by atoms with Gasteiger partial charge in [0.15, 0.2) is 0 Å². The van der Waals surface area contributed by atoms with Crippen molar-refractivity contribution in [2.24, 2.45) is 0 Å². The molecule has 4 N–H and O–H groups in total. The molecule has 1 aliphatic rings. The van der Waals surface area contributed by atoms with E-state index in [1.165, 1.54) is 18.4 Å². The van der Waals surface area contributed by atoms with E-state index in [2.05, 4.69) is 15.9 Å². The lowest BCUT2D eigenvalue weighted by Gasteiger charge is -2.08. The standard InChI is InChI=1S/C9H11BrN2/c10-6-3-4-7(11)9(12)8(6)5-1-2-5/h3-5H,1-2,11-12H2. The Labute approximate surface area is 80.1 Å². The lowest BCUT2D eigenvalue weighted by Crippen LogP contribution is -1.99. The summed E-state index contributed by atoms with van der Waals surface area (Å²) in [5.74, 6) is 0.642. The van der Waals surface area contributed by atoms with E-state index in [4.69, 9.17) is 11.5 Å². The first-order valence-electron chi connectivity index (χ1n) is 4.03. The van der Waals surface area contributed by atoms with E-state index in [0.29, 0.717) is 11.6 Å². The molecule has 12 heavy (non-hydrogen) atoms. The van der Waals surface area contributed by atoms with Crippen LogP contribution in [-0.2, 0) is 0 Å². The molecule has 0 unspecified atom stereocenters. The third kappa shape index (κ3) is 1.18. The molecule has 1 fully saturated rings. The van der Waals surface area contributed by atoms with Crippen LogP contribution in [-0.4, -0.2) is 0 Å². The average molecular weight is 227 g/mol. The SMILES string of the molecule is Nc1ccc(Br)c(C2CC2)c1N. The Morgan fingerprint density at radius 3 is 2.50 bits per heavy atom. The molecule has 0 spiro atoms. The fourth-order valence-electron chi connectivity index (χ4n) is 1.41. The monoisotopic (exact) mass is 226 g/mol. The summed E-state index contributed by atoms with van der Waals surface area (Å²) in [7, 11) is 0.